The Morgan fingerprint density at radius 1 is 1.16 bits per heavy atom. The average Bonchev–Trinajstić information content (AvgIpc) is 3.17. The second-order valence-electron chi connectivity index (χ2n) is 7.97. The Balaban J connectivity index is 1.54. The van der Waals surface area contributed by atoms with Crippen LogP contribution in [-0.2, 0) is 4.79 Å². The van der Waals surface area contributed by atoms with Crippen molar-refractivity contribution in [3.63, 3.8) is 0 Å². The fraction of sp³-hybridized carbons (Fsp3) is 0.0741. The summed E-state index contributed by atoms with van der Waals surface area (Å²) < 4.78 is 21.5. The van der Waals surface area contributed by atoms with Crippen molar-refractivity contribution in [2.75, 3.05) is 5.32 Å². The van der Waals surface area contributed by atoms with Crippen LogP contribution in [0.15, 0.2) is 78.5 Å². The minimum Gasteiger partial charge on any atom is -0.439 e. The Labute approximate surface area is 211 Å². The van der Waals surface area contributed by atoms with Gasteiger partial charge in [0.05, 0.1) is 10.6 Å². The van der Waals surface area contributed by atoms with Gasteiger partial charge in [-0.25, -0.2) is 9.37 Å². The number of ether oxygens (including phenoxy) is 1. The number of nitro groups is 1. The first kappa shape index (κ1) is 24.8. The molecule has 0 bridgehead atoms. The van der Waals surface area contributed by atoms with E-state index in [9.17, 15) is 24.6 Å². The predicted molar refractivity (Wildman–Crippen MR) is 135 cm³/mol. The van der Waals surface area contributed by atoms with Gasteiger partial charge in [0.25, 0.3) is 11.6 Å². The minimum atomic E-state index is -0.709. The van der Waals surface area contributed by atoms with Crippen molar-refractivity contribution in [1.29, 1.82) is 5.26 Å². The van der Waals surface area contributed by atoms with Crippen LogP contribution >= 0.6 is 0 Å². The van der Waals surface area contributed by atoms with Crippen molar-refractivity contribution in [2.24, 2.45) is 0 Å². The molecule has 1 N–H and O–H groups in total. The SMILES string of the molecule is Cc1cc(C=C(C#N)C(=O)Nc2ccccc2F)c(C)n1-c1ccc(Oc2ccc([N+](=O)[O-])cn2)cc1. The van der Waals surface area contributed by atoms with Crippen molar-refractivity contribution in [2.45, 2.75) is 13.8 Å². The topological polar surface area (TPSA) is 123 Å². The van der Waals surface area contributed by atoms with E-state index in [2.05, 4.69) is 10.3 Å². The number of aromatic nitrogens is 2. The molecule has 2 aromatic carbocycles. The van der Waals surface area contributed by atoms with Crippen molar-refractivity contribution in [3.8, 4) is 23.4 Å². The smallest absolute Gasteiger partial charge is 0.287 e. The molecule has 0 fully saturated rings. The highest BCUT2D eigenvalue weighted by atomic mass is 19.1. The summed E-state index contributed by atoms with van der Waals surface area (Å²) in [5.74, 6) is -0.595. The molecule has 0 saturated heterocycles. The van der Waals surface area contributed by atoms with E-state index in [1.165, 1.54) is 36.4 Å². The molecular weight excluding hydrogens is 477 g/mol. The molecule has 0 saturated carbocycles. The van der Waals surface area contributed by atoms with Crippen molar-refractivity contribution in [1.82, 2.24) is 9.55 Å². The summed E-state index contributed by atoms with van der Waals surface area (Å²) in [6.45, 7) is 3.74. The molecule has 4 rings (SSSR count). The summed E-state index contributed by atoms with van der Waals surface area (Å²) in [5.41, 5.74) is 2.82. The van der Waals surface area contributed by atoms with Gasteiger partial charge in [-0.3, -0.25) is 14.9 Å². The number of para-hydroxylation sites is 1. The van der Waals surface area contributed by atoms with Crippen LogP contribution in [-0.4, -0.2) is 20.4 Å². The van der Waals surface area contributed by atoms with E-state index in [1.807, 2.05) is 42.7 Å². The molecule has 0 radical (unpaired) electrons. The lowest BCUT2D eigenvalue weighted by Crippen LogP contribution is -2.14. The lowest BCUT2D eigenvalue weighted by molar-refractivity contribution is -0.385. The lowest BCUT2D eigenvalue weighted by atomic mass is 10.1. The number of hydrogen-bond donors (Lipinski definition) is 1. The number of halogens is 1. The van der Waals surface area contributed by atoms with Gasteiger partial charge in [-0.05, 0) is 68.0 Å². The molecule has 2 heterocycles. The fourth-order valence-corrected chi connectivity index (χ4v) is 3.71. The van der Waals surface area contributed by atoms with Crippen molar-refractivity contribution >= 4 is 23.4 Å². The van der Waals surface area contributed by atoms with Crippen LogP contribution in [0, 0.1) is 41.1 Å². The van der Waals surface area contributed by atoms with Gasteiger partial charge in [0.2, 0.25) is 5.88 Å². The lowest BCUT2D eigenvalue weighted by Gasteiger charge is -2.11. The molecule has 10 heteroatoms. The van der Waals surface area contributed by atoms with E-state index in [0.717, 1.165) is 23.3 Å². The second-order valence-corrected chi connectivity index (χ2v) is 7.97. The summed E-state index contributed by atoms with van der Waals surface area (Å²) in [6.07, 6.45) is 2.59. The van der Waals surface area contributed by atoms with E-state index in [1.54, 1.807) is 18.2 Å². The normalized spacial score (nSPS) is 11.0. The maximum absolute atomic E-state index is 13.9. The van der Waals surface area contributed by atoms with Gasteiger partial charge in [-0.1, -0.05) is 12.1 Å². The third-order valence-electron chi connectivity index (χ3n) is 5.51. The summed E-state index contributed by atoms with van der Waals surface area (Å²) in [5, 5.41) is 22.7. The third kappa shape index (κ3) is 5.52. The predicted octanol–water partition coefficient (Wildman–Crippen LogP) is 5.87. The number of aryl methyl sites for hydroxylation is 1. The van der Waals surface area contributed by atoms with Crippen LogP contribution in [0.25, 0.3) is 11.8 Å². The highest BCUT2D eigenvalue weighted by Crippen LogP contribution is 2.27. The third-order valence-corrected chi connectivity index (χ3v) is 5.51. The van der Waals surface area contributed by atoms with Crippen LogP contribution in [0.1, 0.15) is 17.0 Å². The summed E-state index contributed by atoms with van der Waals surface area (Å²) in [6, 6.07) is 19.3. The number of carbonyl (C=O) groups excluding carboxylic acids is 1. The Hall–Kier alpha value is -5.30. The summed E-state index contributed by atoms with van der Waals surface area (Å²) >= 11 is 0. The molecule has 0 aliphatic rings. The van der Waals surface area contributed by atoms with E-state index >= 15 is 0 Å². The number of nitriles is 1. The molecule has 184 valence electrons. The molecule has 0 unspecified atom stereocenters. The number of hydrogen-bond acceptors (Lipinski definition) is 6. The largest absolute Gasteiger partial charge is 0.439 e. The fourth-order valence-electron chi connectivity index (χ4n) is 3.71. The minimum absolute atomic E-state index is 0.00893. The van der Waals surface area contributed by atoms with Crippen LogP contribution < -0.4 is 10.1 Å². The van der Waals surface area contributed by atoms with E-state index in [0.29, 0.717) is 11.3 Å². The van der Waals surface area contributed by atoms with E-state index in [-0.39, 0.29) is 22.8 Å². The standard InChI is InChI=1S/C27H20FN5O4/c1-17-13-19(14-20(15-29)27(34)31-25-6-4-3-5-24(25)28)18(2)32(17)21-7-10-23(11-8-21)37-26-12-9-22(16-30-26)33(35)36/h3-14,16H,1-2H3,(H,31,34). The number of nitrogens with one attached hydrogen (secondary N) is 1. The zero-order valence-electron chi connectivity index (χ0n) is 19.8. The van der Waals surface area contributed by atoms with Gasteiger partial charge in [0, 0.05) is 29.2 Å². The first-order valence-corrected chi connectivity index (χ1v) is 11.0. The van der Waals surface area contributed by atoms with Gasteiger partial charge in [0.1, 0.15) is 29.4 Å². The second kappa shape index (κ2) is 10.5. The van der Waals surface area contributed by atoms with Crippen molar-refractivity contribution < 1.29 is 18.8 Å². The van der Waals surface area contributed by atoms with Crippen LogP contribution in [0.3, 0.4) is 0 Å². The number of anilines is 1. The van der Waals surface area contributed by atoms with Gasteiger partial charge in [0.15, 0.2) is 0 Å². The molecular formula is C27H20FN5O4. The van der Waals surface area contributed by atoms with Gasteiger partial charge in [-0.15, -0.1) is 0 Å². The van der Waals surface area contributed by atoms with Gasteiger partial charge in [-0.2, -0.15) is 5.26 Å². The monoisotopic (exact) mass is 497 g/mol. The van der Waals surface area contributed by atoms with E-state index in [4.69, 9.17) is 4.74 Å². The Morgan fingerprint density at radius 3 is 2.51 bits per heavy atom. The highest BCUT2D eigenvalue weighted by molar-refractivity contribution is 6.09. The Bertz CT molecular complexity index is 1550. The number of amides is 1. The molecule has 0 aliphatic carbocycles. The first-order valence-electron chi connectivity index (χ1n) is 11.0. The summed E-state index contributed by atoms with van der Waals surface area (Å²) in [7, 11) is 0. The molecule has 4 aromatic rings. The summed E-state index contributed by atoms with van der Waals surface area (Å²) in [4.78, 5) is 26.7. The maximum atomic E-state index is 13.9. The number of carbonyl (C=O) groups is 1. The molecule has 1 amide bonds. The van der Waals surface area contributed by atoms with Crippen LogP contribution in [0.2, 0.25) is 0 Å². The first-order chi connectivity index (χ1) is 17.8. The van der Waals surface area contributed by atoms with E-state index < -0.39 is 16.6 Å². The number of rotatable bonds is 7. The maximum Gasteiger partial charge on any atom is 0.287 e. The molecule has 9 nitrogen and oxygen atoms in total. The quantitative estimate of drug-likeness (QED) is 0.147. The molecule has 0 atom stereocenters. The number of benzene rings is 2. The van der Waals surface area contributed by atoms with Gasteiger partial charge < -0.3 is 14.6 Å². The van der Waals surface area contributed by atoms with Crippen molar-refractivity contribution in [3.05, 3.63) is 111 Å². The van der Waals surface area contributed by atoms with Crippen LogP contribution in [0.4, 0.5) is 15.8 Å². The van der Waals surface area contributed by atoms with Crippen LogP contribution in [0.5, 0.6) is 11.6 Å². The number of pyridine rings is 1. The molecule has 0 spiro atoms. The Kier molecular flexibility index (Phi) is 7.06. The number of nitrogens with zero attached hydrogens (tertiary/aromatic N) is 4. The molecule has 0 aliphatic heterocycles. The van der Waals surface area contributed by atoms with Gasteiger partial charge >= 0.3 is 0 Å². The molecule has 37 heavy (non-hydrogen) atoms. The average molecular weight is 497 g/mol. The zero-order chi connectivity index (χ0) is 26.5. The Morgan fingerprint density at radius 2 is 1.89 bits per heavy atom. The molecule has 2 aromatic heterocycles. The highest BCUT2D eigenvalue weighted by Gasteiger charge is 2.15. The zero-order valence-corrected chi connectivity index (χ0v) is 19.8.